The van der Waals surface area contributed by atoms with Crippen LogP contribution in [0.25, 0.3) is 0 Å². The van der Waals surface area contributed by atoms with Gasteiger partial charge in [0.25, 0.3) is 0 Å². The second-order valence-electron chi connectivity index (χ2n) is 2.94. The van der Waals surface area contributed by atoms with Crippen LogP contribution >= 0.6 is 31.9 Å². The quantitative estimate of drug-likeness (QED) is 0.686. The predicted octanol–water partition coefficient (Wildman–Crippen LogP) is 2.91. The molecule has 1 atom stereocenters. The predicted molar refractivity (Wildman–Crippen MR) is 62.8 cm³/mol. The molecule has 1 unspecified atom stereocenters. The number of benzene rings is 1. The van der Waals surface area contributed by atoms with Crippen molar-refractivity contribution in [3.05, 3.63) is 33.8 Å². The molecular formula is C10H10Br2O2. The Morgan fingerprint density at radius 3 is 2.71 bits per heavy atom. The summed E-state index contributed by atoms with van der Waals surface area (Å²) in [6, 6.07) is 5.28. The summed E-state index contributed by atoms with van der Waals surface area (Å²) >= 11 is 6.51. The molecule has 0 aliphatic carbocycles. The molecule has 14 heavy (non-hydrogen) atoms. The van der Waals surface area contributed by atoms with Gasteiger partial charge >= 0.3 is 0 Å². The van der Waals surface area contributed by atoms with Crippen LogP contribution in [-0.2, 0) is 6.61 Å². The van der Waals surface area contributed by atoms with E-state index in [2.05, 4.69) is 31.9 Å². The molecule has 1 N–H and O–H groups in total. The molecule has 0 aliphatic heterocycles. The third-order valence-electron chi connectivity index (χ3n) is 1.87. The number of carbonyl (C=O) groups is 1. The molecule has 1 aromatic carbocycles. The van der Waals surface area contributed by atoms with Crippen LogP contribution in [0.1, 0.15) is 22.8 Å². The molecule has 76 valence electrons. The summed E-state index contributed by atoms with van der Waals surface area (Å²) < 4.78 is 0.839. The number of hydrogen-bond acceptors (Lipinski definition) is 2. The van der Waals surface area contributed by atoms with Crippen LogP contribution in [0.3, 0.4) is 0 Å². The molecule has 0 saturated heterocycles. The SMILES string of the molecule is CC(Br)C(=O)c1cc(Br)ccc1CO. The lowest BCUT2D eigenvalue weighted by molar-refractivity contribution is 0.0993. The fourth-order valence-corrected chi connectivity index (χ4v) is 1.74. The third kappa shape index (κ3) is 2.65. The first-order valence-electron chi connectivity index (χ1n) is 4.14. The van der Waals surface area contributed by atoms with Crippen LogP contribution in [0.15, 0.2) is 22.7 Å². The Labute approximate surface area is 99.6 Å². The summed E-state index contributed by atoms with van der Waals surface area (Å²) in [5, 5.41) is 9.06. The standard InChI is InChI=1S/C10H10Br2O2/c1-6(11)10(14)9-4-8(12)3-2-7(9)5-13/h2-4,6,13H,5H2,1H3. The summed E-state index contributed by atoms with van der Waals surface area (Å²) in [6.07, 6.45) is 0. The monoisotopic (exact) mass is 320 g/mol. The van der Waals surface area contributed by atoms with Crippen LogP contribution in [0.5, 0.6) is 0 Å². The number of halogens is 2. The zero-order valence-electron chi connectivity index (χ0n) is 7.63. The van der Waals surface area contributed by atoms with Gasteiger partial charge in [-0.1, -0.05) is 37.9 Å². The van der Waals surface area contributed by atoms with Gasteiger partial charge in [-0.2, -0.15) is 0 Å². The smallest absolute Gasteiger partial charge is 0.176 e. The van der Waals surface area contributed by atoms with Gasteiger partial charge < -0.3 is 5.11 Å². The van der Waals surface area contributed by atoms with Crippen LogP contribution in [0.2, 0.25) is 0 Å². The first kappa shape index (κ1) is 11.9. The number of carbonyl (C=O) groups excluding carboxylic acids is 1. The molecule has 0 heterocycles. The molecule has 0 bridgehead atoms. The molecular weight excluding hydrogens is 312 g/mol. The normalized spacial score (nSPS) is 12.6. The average Bonchev–Trinajstić information content (AvgIpc) is 2.16. The van der Waals surface area contributed by atoms with Gasteiger partial charge in [-0.05, 0) is 24.6 Å². The molecule has 0 spiro atoms. The summed E-state index contributed by atoms with van der Waals surface area (Å²) in [7, 11) is 0. The minimum Gasteiger partial charge on any atom is -0.392 e. The van der Waals surface area contributed by atoms with E-state index in [4.69, 9.17) is 5.11 Å². The fraction of sp³-hybridized carbons (Fsp3) is 0.300. The van der Waals surface area contributed by atoms with E-state index in [1.165, 1.54) is 0 Å². The Balaban J connectivity index is 3.17. The zero-order chi connectivity index (χ0) is 10.7. The Kier molecular flexibility index (Phi) is 4.29. The van der Waals surface area contributed by atoms with Gasteiger partial charge in [0.2, 0.25) is 0 Å². The molecule has 1 aromatic rings. The van der Waals surface area contributed by atoms with Crippen molar-refractivity contribution in [2.75, 3.05) is 0 Å². The zero-order valence-corrected chi connectivity index (χ0v) is 10.8. The molecule has 0 aliphatic rings. The van der Waals surface area contributed by atoms with Crippen LogP contribution in [0.4, 0.5) is 0 Å². The molecule has 0 amide bonds. The van der Waals surface area contributed by atoms with Crippen LogP contribution in [0, 0.1) is 0 Å². The lowest BCUT2D eigenvalue weighted by Crippen LogP contribution is -2.12. The highest BCUT2D eigenvalue weighted by Gasteiger charge is 2.15. The van der Waals surface area contributed by atoms with Crippen molar-refractivity contribution in [3.63, 3.8) is 0 Å². The number of alkyl halides is 1. The maximum Gasteiger partial charge on any atom is 0.176 e. The van der Waals surface area contributed by atoms with Crippen molar-refractivity contribution >= 4 is 37.6 Å². The van der Waals surface area contributed by atoms with Gasteiger partial charge in [0.1, 0.15) is 0 Å². The van der Waals surface area contributed by atoms with E-state index in [-0.39, 0.29) is 17.2 Å². The van der Waals surface area contributed by atoms with E-state index in [1.54, 1.807) is 25.1 Å². The molecule has 4 heteroatoms. The van der Waals surface area contributed by atoms with Crippen LogP contribution < -0.4 is 0 Å². The van der Waals surface area contributed by atoms with Crippen molar-refractivity contribution in [2.24, 2.45) is 0 Å². The average molecular weight is 322 g/mol. The van der Waals surface area contributed by atoms with E-state index >= 15 is 0 Å². The van der Waals surface area contributed by atoms with Crippen molar-refractivity contribution in [3.8, 4) is 0 Å². The largest absolute Gasteiger partial charge is 0.392 e. The van der Waals surface area contributed by atoms with E-state index < -0.39 is 0 Å². The molecule has 1 rings (SSSR count). The minimum absolute atomic E-state index is 0.0182. The minimum atomic E-state index is -0.234. The van der Waals surface area contributed by atoms with Gasteiger partial charge in [0, 0.05) is 10.0 Å². The van der Waals surface area contributed by atoms with Crippen molar-refractivity contribution in [1.82, 2.24) is 0 Å². The number of ketones is 1. The highest BCUT2D eigenvalue weighted by Crippen LogP contribution is 2.20. The van der Waals surface area contributed by atoms with Gasteiger partial charge in [-0.25, -0.2) is 0 Å². The van der Waals surface area contributed by atoms with Crippen molar-refractivity contribution in [1.29, 1.82) is 0 Å². The second kappa shape index (κ2) is 5.05. The highest BCUT2D eigenvalue weighted by atomic mass is 79.9. The van der Waals surface area contributed by atoms with E-state index in [9.17, 15) is 4.79 Å². The molecule has 0 saturated carbocycles. The molecule has 2 nitrogen and oxygen atoms in total. The van der Waals surface area contributed by atoms with Gasteiger partial charge in [-0.3, -0.25) is 4.79 Å². The van der Waals surface area contributed by atoms with Crippen LogP contribution in [-0.4, -0.2) is 15.7 Å². The maximum absolute atomic E-state index is 11.7. The second-order valence-corrected chi connectivity index (χ2v) is 5.23. The Hall–Kier alpha value is -0.190. The number of aliphatic hydroxyl groups is 1. The van der Waals surface area contributed by atoms with Crippen molar-refractivity contribution < 1.29 is 9.90 Å². The van der Waals surface area contributed by atoms with E-state index in [0.717, 1.165) is 4.47 Å². The summed E-state index contributed by atoms with van der Waals surface area (Å²) in [5.74, 6) is -0.0182. The summed E-state index contributed by atoms with van der Waals surface area (Å²) in [6.45, 7) is 1.65. The lowest BCUT2D eigenvalue weighted by Gasteiger charge is -2.08. The number of Topliss-reactive ketones (excluding diaryl/α,β-unsaturated/α-hetero) is 1. The van der Waals surface area contributed by atoms with Gasteiger partial charge in [-0.15, -0.1) is 0 Å². The third-order valence-corrected chi connectivity index (χ3v) is 2.78. The number of aliphatic hydroxyl groups excluding tert-OH is 1. The first-order valence-corrected chi connectivity index (χ1v) is 5.84. The van der Waals surface area contributed by atoms with Gasteiger partial charge in [0.15, 0.2) is 5.78 Å². The van der Waals surface area contributed by atoms with Gasteiger partial charge in [0.05, 0.1) is 11.4 Å². The molecule has 0 aromatic heterocycles. The van der Waals surface area contributed by atoms with E-state index in [1.807, 2.05) is 0 Å². The Morgan fingerprint density at radius 1 is 1.57 bits per heavy atom. The molecule has 0 radical (unpaired) electrons. The summed E-state index contributed by atoms with van der Waals surface area (Å²) in [5.41, 5.74) is 1.22. The lowest BCUT2D eigenvalue weighted by atomic mass is 10.0. The Bertz CT molecular complexity index is 348. The number of hydrogen-bond donors (Lipinski definition) is 1. The highest BCUT2D eigenvalue weighted by molar-refractivity contribution is 9.10. The first-order chi connectivity index (χ1) is 6.56. The van der Waals surface area contributed by atoms with E-state index in [0.29, 0.717) is 11.1 Å². The summed E-state index contributed by atoms with van der Waals surface area (Å²) in [4.78, 5) is 11.5. The topological polar surface area (TPSA) is 37.3 Å². The Morgan fingerprint density at radius 2 is 2.21 bits per heavy atom. The molecule has 0 fully saturated rings. The van der Waals surface area contributed by atoms with Crippen molar-refractivity contribution in [2.45, 2.75) is 18.4 Å². The fourth-order valence-electron chi connectivity index (χ4n) is 1.13. The number of rotatable bonds is 3. The maximum atomic E-state index is 11.7.